The van der Waals surface area contributed by atoms with E-state index < -0.39 is 6.10 Å². The summed E-state index contributed by atoms with van der Waals surface area (Å²) in [7, 11) is 1.55. The van der Waals surface area contributed by atoms with E-state index in [2.05, 4.69) is 34.5 Å². The molecule has 2 aromatic carbocycles. The number of nitrogens with one attached hydrogen (secondary N) is 1. The van der Waals surface area contributed by atoms with Crippen molar-refractivity contribution in [3.05, 3.63) is 59.1 Å². The Balaban J connectivity index is 1.34. The van der Waals surface area contributed by atoms with Gasteiger partial charge in [0, 0.05) is 30.9 Å². The van der Waals surface area contributed by atoms with E-state index in [9.17, 15) is 9.90 Å². The van der Waals surface area contributed by atoms with Crippen LogP contribution in [0.25, 0.3) is 0 Å². The maximum Gasteiger partial charge on any atom is 0.238 e. The molecular formula is C24H30ClN3O3. The second kappa shape index (κ2) is 9.57. The van der Waals surface area contributed by atoms with Crippen molar-refractivity contribution in [1.82, 2.24) is 9.80 Å². The summed E-state index contributed by atoms with van der Waals surface area (Å²) in [6.45, 7) is 3.40. The molecule has 2 N–H and O–H groups in total. The smallest absolute Gasteiger partial charge is 0.238 e. The van der Waals surface area contributed by atoms with Crippen LogP contribution < -0.4 is 10.1 Å². The number of anilines is 1. The summed E-state index contributed by atoms with van der Waals surface area (Å²) < 4.78 is 5.15. The fourth-order valence-corrected chi connectivity index (χ4v) is 5.23. The molecule has 2 aliphatic heterocycles. The predicted octanol–water partition coefficient (Wildman–Crippen LogP) is 3.39. The number of nitrogens with zero attached hydrogens (tertiary/aromatic N) is 2. The summed E-state index contributed by atoms with van der Waals surface area (Å²) in [6, 6.07) is 15.6. The van der Waals surface area contributed by atoms with Crippen molar-refractivity contribution in [2.45, 2.75) is 37.5 Å². The Labute approximate surface area is 188 Å². The largest absolute Gasteiger partial charge is 0.495 e. The molecule has 7 heteroatoms. The van der Waals surface area contributed by atoms with E-state index >= 15 is 0 Å². The molecule has 2 saturated heterocycles. The molecule has 0 aliphatic carbocycles. The quantitative estimate of drug-likeness (QED) is 0.716. The Bertz CT molecular complexity index is 910. The third-order valence-corrected chi connectivity index (χ3v) is 6.89. The molecule has 2 aromatic rings. The SMILES string of the molecule is COc1ccc(NC(=O)CN2CC[C@@]3(CCCN3Cc3ccccc3)[C@@H](O)C2)cc1Cl. The van der Waals surface area contributed by atoms with Gasteiger partial charge in [0.05, 0.1) is 24.8 Å². The number of likely N-dealkylation sites (tertiary alicyclic amines) is 2. The van der Waals surface area contributed by atoms with Crippen LogP contribution in [-0.4, -0.2) is 65.7 Å². The lowest BCUT2D eigenvalue weighted by Crippen LogP contribution is -2.61. The lowest BCUT2D eigenvalue weighted by atomic mass is 9.82. The molecule has 0 unspecified atom stereocenters. The molecule has 4 rings (SSSR count). The maximum absolute atomic E-state index is 12.6. The number of aliphatic hydroxyl groups excluding tert-OH is 1. The lowest BCUT2D eigenvalue weighted by molar-refractivity contribution is -0.120. The van der Waals surface area contributed by atoms with Gasteiger partial charge >= 0.3 is 0 Å². The minimum atomic E-state index is -0.476. The van der Waals surface area contributed by atoms with E-state index in [4.69, 9.17) is 16.3 Å². The first kappa shape index (κ1) is 22.1. The highest BCUT2D eigenvalue weighted by Gasteiger charge is 2.49. The highest BCUT2D eigenvalue weighted by atomic mass is 35.5. The average Bonchev–Trinajstić information content (AvgIpc) is 3.15. The number of benzene rings is 2. The molecular weight excluding hydrogens is 414 g/mol. The third kappa shape index (κ3) is 4.88. The number of ether oxygens (including phenoxy) is 1. The van der Waals surface area contributed by atoms with E-state index in [-0.39, 0.29) is 18.0 Å². The summed E-state index contributed by atoms with van der Waals surface area (Å²) in [6.07, 6.45) is 2.49. The van der Waals surface area contributed by atoms with Gasteiger partial charge in [0.15, 0.2) is 0 Å². The fourth-order valence-electron chi connectivity index (χ4n) is 4.97. The van der Waals surface area contributed by atoms with E-state index in [1.807, 2.05) is 11.0 Å². The van der Waals surface area contributed by atoms with Crippen LogP contribution in [0.1, 0.15) is 24.8 Å². The number of amides is 1. The number of hydrogen-bond donors (Lipinski definition) is 2. The van der Waals surface area contributed by atoms with Crippen LogP contribution in [0.3, 0.4) is 0 Å². The van der Waals surface area contributed by atoms with E-state index in [0.29, 0.717) is 23.0 Å². The number of rotatable bonds is 6. The molecule has 1 amide bonds. The highest BCUT2D eigenvalue weighted by molar-refractivity contribution is 6.32. The zero-order chi connectivity index (χ0) is 21.8. The van der Waals surface area contributed by atoms with Crippen LogP contribution >= 0.6 is 11.6 Å². The van der Waals surface area contributed by atoms with Gasteiger partial charge in [-0.05, 0) is 49.6 Å². The van der Waals surface area contributed by atoms with Gasteiger partial charge in [0.25, 0.3) is 0 Å². The molecule has 0 bridgehead atoms. The van der Waals surface area contributed by atoms with Crippen LogP contribution in [0.4, 0.5) is 5.69 Å². The fraction of sp³-hybridized carbons (Fsp3) is 0.458. The van der Waals surface area contributed by atoms with Gasteiger partial charge in [0.1, 0.15) is 5.75 Å². The summed E-state index contributed by atoms with van der Waals surface area (Å²) in [5.41, 5.74) is 1.72. The Kier molecular flexibility index (Phi) is 6.82. The summed E-state index contributed by atoms with van der Waals surface area (Å²) in [4.78, 5) is 17.0. The van der Waals surface area contributed by atoms with Gasteiger partial charge in [-0.15, -0.1) is 0 Å². The molecule has 6 nitrogen and oxygen atoms in total. The van der Waals surface area contributed by atoms with Gasteiger partial charge in [-0.1, -0.05) is 41.9 Å². The van der Waals surface area contributed by atoms with Gasteiger partial charge in [-0.3, -0.25) is 14.6 Å². The molecule has 2 heterocycles. The standard InChI is InChI=1S/C24H30ClN3O3/c1-31-21-9-8-19(14-20(21)25)26-23(30)17-27-13-11-24(22(29)16-27)10-5-12-28(24)15-18-6-3-2-4-7-18/h2-4,6-9,14,22,29H,5,10-13,15-17H2,1H3,(H,26,30)/t22-,24-/m0/s1. The highest BCUT2D eigenvalue weighted by Crippen LogP contribution is 2.39. The first-order valence-electron chi connectivity index (χ1n) is 10.8. The van der Waals surface area contributed by atoms with Crippen molar-refractivity contribution >= 4 is 23.2 Å². The Hall–Kier alpha value is -2.12. The number of piperidine rings is 1. The minimum Gasteiger partial charge on any atom is -0.495 e. The van der Waals surface area contributed by atoms with E-state index in [1.54, 1.807) is 25.3 Å². The van der Waals surface area contributed by atoms with Crippen molar-refractivity contribution in [2.75, 3.05) is 38.6 Å². The monoisotopic (exact) mass is 443 g/mol. The van der Waals surface area contributed by atoms with Crippen LogP contribution in [0, 0.1) is 0 Å². The Morgan fingerprint density at radius 1 is 1.23 bits per heavy atom. The number of carbonyl (C=O) groups is 1. The lowest BCUT2D eigenvalue weighted by Gasteiger charge is -2.48. The van der Waals surface area contributed by atoms with E-state index in [1.165, 1.54) is 5.56 Å². The van der Waals surface area contributed by atoms with Crippen LogP contribution in [0.15, 0.2) is 48.5 Å². The zero-order valence-corrected chi connectivity index (χ0v) is 18.6. The second-order valence-corrected chi connectivity index (χ2v) is 8.92. The van der Waals surface area contributed by atoms with E-state index in [0.717, 1.165) is 38.9 Å². The third-order valence-electron chi connectivity index (χ3n) is 6.60. The predicted molar refractivity (Wildman–Crippen MR) is 123 cm³/mol. The van der Waals surface area contributed by atoms with Crippen molar-refractivity contribution in [3.63, 3.8) is 0 Å². The van der Waals surface area contributed by atoms with Gasteiger partial charge in [0.2, 0.25) is 5.91 Å². The molecule has 2 fully saturated rings. The maximum atomic E-state index is 12.6. The van der Waals surface area contributed by atoms with Gasteiger partial charge < -0.3 is 15.2 Å². The van der Waals surface area contributed by atoms with Gasteiger partial charge in [-0.2, -0.15) is 0 Å². The van der Waals surface area contributed by atoms with Crippen LogP contribution in [0.2, 0.25) is 5.02 Å². The number of hydrogen-bond acceptors (Lipinski definition) is 5. The Morgan fingerprint density at radius 2 is 2.03 bits per heavy atom. The zero-order valence-electron chi connectivity index (χ0n) is 17.9. The molecule has 31 heavy (non-hydrogen) atoms. The number of halogens is 1. The summed E-state index contributed by atoms with van der Waals surface area (Å²) >= 11 is 6.14. The number of β-amino-alcohol motifs (C(OH)–C–C–N with tert-alkyl or cyclic N) is 1. The first-order chi connectivity index (χ1) is 15.0. The molecule has 0 aromatic heterocycles. The van der Waals surface area contributed by atoms with Crippen LogP contribution in [0.5, 0.6) is 5.75 Å². The van der Waals surface area contributed by atoms with Crippen molar-refractivity contribution in [2.24, 2.45) is 0 Å². The molecule has 2 aliphatic rings. The molecule has 0 radical (unpaired) electrons. The molecule has 2 atom stereocenters. The molecule has 166 valence electrons. The topological polar surface area (TPSA) is 65.0 Å². The number of carbonyl (C=O) groups excluding carboxylic acids is 1. The average molecular weight is 444 g/mol. The van der Waals surface area contributed by atoms with Gasteiger partial charge in [-0.25, -0.2) is 0 Å². The summed E-state index contributed by atoms with van der Waals surface area (Å²) in [5, 5.41) is 14.5. The Morgan fingerprint density at radius 3 is 2.74 bits per heavy atom. The first-order valence-corrected chi connectivity index (χ1v) is 11.2. The van der Waals surface area contributed by atoms with Crippen molar-refractivity contribution in [1.29, 1.82) is 0 Å². The van der Waals surface area contributed by atoms with Crippen LogP contribution in [-0.2, 0) is 11.3 Å². The molecule has 1 spiro atoms. The van der Waals surface area contributed by atoms with Crippen molar-refractivity contribution < 1.29 is 14.6 Å². The number of methoxy groups -OCH3 is 1. The second-order valence-electron chi connectivity index (χ2n) is 8.51. The normalized spacial score (nSPS) is 24.4. The summed E-state index contributed by atoms with van der Waals surface area (Å²) in [5.74, 6) is 0.456. The minimum absolute atomic E-state index is 0.114. The number of aliphatic hydroxyl groups is 1. The molecule has 0 saturated carbocycles. The van der Waals surface area contributed by atoms with Crippen molar-refractivity contribution in [3.8, 4) is 5.75 Å².